The number of carbonyl (C=O) groups is 1. The van der Waals surface area contributed by atoms with Crippen LogP contribution in [-0.4, -0.2) is 29.4 Å². The number of nitrogens with zero attached hydrogens (tertiary/aromatic N) is 2. The second-order valence-electron chi connectivity index (χ2n) is 6.21. The molecule has 1 aromatic carbocycles. The normalized spacial score (nSPS) is 14.5. The number of hydrogen-bond acceptors (Lipinski definition) is 5. The van der Waals surface area contributed by atoms with Crippen LogP contribution in [0.4, 0.5) is 15.8 Å². The number of anilines is 2. The highest BCUT2D eigenvalue weighted by molar-refractivity contribution is 7.21. The van der Waals surface area contributed by atoms with Gasteiger partial charge in [0, 0.05) is 30.6 Å². The molecule has 3 N–H and O–H groups in total. The number of amides is 1. The van der Waals surface area contributed by atoms with Crippen LogP contribution in [0.1, 0.15) is 20.9 Å². The maximum absolute atomic E-state index is 13.8. The van der Waals surface area contributed by atoms with Crippen LogP contribution in [0.2, 0.25) is 0 Å². The summed E-state index contributed by atoms with van der Waals surface area (Å²) in [6.07, 6.45) is 0.885. The first kappa shape index (κ1) is 16.0. The molecule has 0 saturated heterocycles. The van der Waals surface area contributed by atoms with E-state index in [4.69, 9.17) is 10.7 Å². The van der Waals surface area contributed by atoms with Crippen LogP contribution in [0.15, 0.2) is 30.3 Å². The van der Waals surface area contributed by atoms with Crippen molar-refractivity contribution < 1.29 is 9.18 Å². The van der Waals surface area contributed by atoms with Crippen molar-refractivity contribution in [3.8, 4) is 0 Å². The van der Waals surface area contributed by atoms with Crippen LogP contribution in [0.5, 0.6) is 0 Å². The highest BCUT2D eigenvalue weighted by Gasteiger charge is 2.22. The quantitative estimate of drug-likeness (QED) is 0.739. The van der Waals surface area contributed by atoms with Gasteiger partial charge in [0.2, 0.25) is 0 Å². The number of pyridine rings is 1. The molecule has 3 heterocycles. The van der Waals surface area contributed by atoms with E-state index in [0.717, 1.165) is 41.0 Å². The molecule has 0 unspecified atom stereocenters. The van der Waals surface area contributed by atoms with Crippen LogP contribution in [0.25, 0.3) is 10.2 Å². The summed E-state index contributed by atoms with van der Waals surface area (Å²) in [6.45, 7) is 1.79. The maximum Gasteiger partial charge on any atom is 0.268 e. The molecule has 1 amide bonds. The molecule has 128 valence electrons. The zero-order valence-corrected chi connectivity index (χ0v) is 14.5. The van der Waals surface area contributed by atoms with E-state index >= 15 is 0 Å². The third-order valence-electron chi connectivity index (χ3n) is 4.39. The molecule has 25 heavy (non-hydrogen) atoms. The lowest BCUT2D eigenvalue weighted by atomic mass is 10.0. The molecule has 4 rings (SSSR count). The summed E-state index contributed by atoms with van der Waals surface area (Å²) < 4.78 is 13.8. The van der Waals surface area contributed by atoms with Crippen LogP contribution >= 0.6 is 11.3 Å². The van der Waals surface area contributed by atoms with Crippen molar-refractivity contribution in [1.29, 1.82) is 0 Å². The van der Waals surface area contributed by atoms with Gasteiger partial charge < -0.3 is 16.0 Å². The number of nitrogen functional groups attached to an aromatic ring is 1. The predicted molar refractivity (Wildman–Crippen MR) is 98.4 cm³/mol. The highest BCUT2D eigenvalue weighted by atomic mass is 32.1. The number of para-hydroxylation sites is 1. The minimum atomic E-state index is -0.479. The Hall–Kier alpha value is -2.51. The van der Waals surface area contributed by atoms with Crippen molar-refractivity contribution in [2.24, 2.45) is 0 Å². The highest BCUT2D eigenvalue weighted by Crippen LogP contribution is 2.35. The van der Waals surface area contributed by atoms with Crippen LogP contribution < -0.4 is 11.1 Å². The zero-order valence-electron chi connectivity index (χ0n) is 13.7. The number of nitrogens with two attached hydrogens (primary N) is 1. The molecule has 0 atom stereocenters. The van der Waals surface area contributed by atoms with Gasteiger partial charge in [-0.25, -0.2) is 9.37 Å². The summed E-state index contributed by atoms with van der Waals surface area (Å²) in [5, 5.41) is 3.37. The van der Waals surface area contributed by atoms with E-state index < -0.39 is 11.7 Å². The molecule has 5 nitrogen and oxygen atoms in total. The van der Waals surface area contributed by atoms with Crippen molar-refractivity contribution in [1.82, 2.24) is 9.88 Å². The molecular formula is C18H17FN4OS. The average Bonchev–Trinajstić information content (AvgIpc) is 2.91. The summed E-state index contributed by atoms with van der Waals surface area (Å²) in [5.41, 5.74) is 8.95. The van der Waals surface area contributed by atoms with Gasteiger partial charge in [0.1, 0.15) is 15.5 Å². The lowest BCUT2D eigenvalue weighted by Gasteiger charge is -2.24. The van der Waals surface area contributed by atoms with E-state index in [1.54, 1.807) is 12.1 Å². The lowest BCUT2D eigenvalue weighted by Crippen LogP contribution is -2.27. The fraction of sp³-hybridized carbons (Fsp3) is 0.222. The topological polar surface area (TPSA) is 71.2 Å². The molecule has 2 aromatic heterocycles. The lowest BCUT2D eigenvalue weighted by molar-refractivity contribution is 0.103. The number of likely N-dealkylation sites (N-methyl/N-ethyl adjacent to an activating group) is 1. The SMILES string of the molecule is CN1CCc2nc3sc(C(=O)Nc4ccccc4F)c(N)c3cc2C1. The molecule has 0 aliphatic carbocycles. The number of fused-ring (bicyclic) bond motifs is 2. The van der Waals surface area contributed by atoms with Gasteiger partial charge in [-0.15, -0.1) is 11.3 Å². The standard InChI is InChI=1S/C18H17FN4OS/c1-23-7-6-13-10(9-23)8-11-15(20)16(25-18(11)22-13)17(24)21-14-5-3-2-4-12(14)19/h2-5,8H,6-7,9,20H2,1H3,(H,21,24). The van der Waals surface area contributed by atoms with Gasteiger partial charge in [0.05, 0.1) is 11.4 Å². The van der Waals surface area contributed by atoms with Gasteiger partial charge in [-0.3, -0.25) is 4.79 Å². The van der Waals surface area contributed by atoms with Gasteiger partial charge in [-0.05, 0) is 30.8 Å². The Morgan fingerprint density at radius 2 is 2.20 bits per heavy atom. The predicted octanol–water partition coefficient (Wildman–Crippen LogP) is 3.26. The Labute approximate surface area is 148 Å². The van der Waals surface area contributed by atoms with Gasteiger partial charge in [0.15, 0.2) is 0 Å². The number of halogens is 1. The van der Waals surface area contributed by atoms with E-state index in [1.165, 1.54) is 23.5 Å². The van der Waals surface area contributed by atoms with Crippen molar-refractivity contribution in [2.45, 2.75) is 13.0 Å². The largest absolute Gasteiger partial charge is 0.397 e. The van der Waals surface area contributed by atoms with Crippen LogP contribution in [0, 0.1) is 5.82 Å². The van der Waals surface area contributed by atoms with Crippen LogP contribution in [0.3, 0.4) is 0 Å². The van der Waals surface area contributed by atoms with Crippen molar-refractivity contribution in [2.75, 3.05) is 24.6 Å². The number of hydrogen-bond donors (Lipinski definition) is 2. The molecule has 0 saturated carbocycles. The van der Waals surface area contributed by atoms with E-state index in [1.807, 2.05) is 6.07 Å². The Morgan fingerprint density at radius 1 is 1.40 bits per heavy atom. The molecule has 0 spiro atoms. The Kier molecular flexibility index (Phi) is 3.89. The third-order valence-corrected chi connectivity index (χ3v) is 5.50. The fourth-order valence-corrected chi connectivity index (χ4v) is 4.04. The maximum atomic E-state index is 13.8. The minimum absolute atomic E-state index is 0.137. The number of benzene rings is 1. The number of rotatable bonds is 2. The van der Waals surface area contributed by atoms with Gasteiger partial charge in [-0.2, -0.15) is 0 Å². The van der Waals surface area contributed by atoms with Crippen molar-refractivity contribution in [3.63, 3.8) is 0 Å². The first-order chi connectivity index (χ1) is 12.0. The van der Waals surface area contributed by atoms with Crippen molar-refractivity contribution >= 4 is 38.8 Å². The number of aromatic nitrogens is 1. The summed E-state index contributed by atoms with van der Waals surface area (Å²) in [5.74, 6) is -0.896. The molecule has 3 aromatic rings. The van der Waals surface area contributed by atoms with E-state index in [-0.39, 0.29) is 5.69 Å². The first-order valence-electron chi connectivity index (χ1n) is 7.98. The Morgan fingerprint density at radius 3 is 3.00 bits per heavy atom. The van der Waals surface area contributed by atoms with E-state index in [0.29, 0.717) is 10.6 Å². The molecular weight excluding hydrogens is 339 g/mol. The van der Waals surface area contributed by atoms with Gasteiger partial charge >= 0.3 is 0 Å². The van der Waals surface area contributed by atoms with Crippen molar-refractivity contribution in [3.05, 3.63) is 52.3 Å². The average molecular weight is 356 g/mol. The Balaban J connectivity index is 1.72. The second kappa shape index (κ2) is 6.09. The summed E-state index contributed by atoms with van der Waals surface area (Å²) >= 11 is 1.25. The second-order valence-corrected chi connectivity index (χ2v) is 7.21. The molecule has 0 bridgehead atoms. The Bertz CT molecular complexity index is 985. The molecule has 0 radical (unpaired) electrons. The minimum Gasteiger partial charge on any atom is -0.397 e. The number of carbonyl (C=O) groups excluding carboxylic acids is 1. The smallest absolute Gasteiger partial charge is 0.268 e. The first-order valence-corrected chi connectivity index (χ1v) is 8.80. The summed E-state index contributed by atoms with van der Waals surface area (Å²) in [6, 6.07) is 8.09. The summed E-state index contributed by atoms with van der Waals surface area (Å²) in [4.78, 5) is 20.6. The number of thiophene rings is 1. The van der Waals surface area contributed by atoms with E-state index in [9.17, 15) is 9.18 Å². The molecule has 1 aliphatic rings. The fourth-order valence-electron chi connectivity index (χ4n) is 3.05. The number of nitrogens with one attached hydrogen (secondary N) is 1. The molecule has 0 fully saturated rings. The van der Waals surface area contributed by atoms with E-state index in [2.05, 4.69) is 17.3 Å². The molecule has 1 aliphatic heterocycles. The zero-order chi connectivity index (χ0) is 17.6. The molecule has 7 heteroatoms. The van der Waals surface area contributed by atoms with Gasteiger partial charge in [-0.1, -0.05) is 12.1 Å². The van der Waals surface area contributed by atoms with Crippen LogP contribution in [-0.2, 0) is 13.0 Å². The monoisotopic (exact) mass is 356 g/mol. The van der Waals surface area contributed by atoms with Gasteiger partial charge in [0.25, 0.3) is 5.91 Å². The summed E-state index contributed by atoms with van der Waals surface area (Å²) in [7, 11) is 2.07. The third kappa shape index (κ3) is 2.85.